The Balaban J connectivity index is 1.27. The van der Waals surface area contributed by atoms with Gasteiger partial charge in [0.05, 0.1) is 12.6 Å². The normalized spacial score (nSPS) is 16.5. The monoisotopic (exact) mass is 385 g/mol. The fourth-order valence-corrected chi connectivity index (χ4v) is 4.59. The highest BCUT2D eigenvalue weighted by Gasteiger charge is 2.20. The van der Waals surface area contributed by atoms with Crippen LogP contribution in [0.3, 0.4) is 0 Å². The van der Waals surface area contributed by atoms with Crippen LogP contribution in [0.15, 0.2) is 78.9 Å². The van der Waals surface area contributed by atoms with E-state index in [9.17, 15) is 5.11 Å². The highest BCUT2D eigenvalue weighted by molar-refractivity contribution is 6.07. The largest absolute Gasteiger partial charge is 0.390 e. The Hall–Kier alpha value is -2.82. The Labute approximate surface area is 171 Å². The molecule has 5 rings (SSSR count). The molecule has 4 aromatic rings. The summed E-state index contributed by atoms with van der Waals surface area (Å²) in [4.78, 5) is 4.81. The lowest BCUT2D eigenvalue weighted by atomic mass is 10.2. The van der Waals surface area contributed by atoms with Crippen molar-refractivity contribution in [2.75, 3.05) is 37.6 Å². The van der Waals surface area contributed by atoms with Gasteiger partial charge in [-0.05, 0) is 24.3 Å². The van der Waals surface area contributed by atoms with E-state index in [0.29, 0.717) is 13.1 Å². The maximum atomic E-state index is 10.9. The average molecular weight is 386 g/mol. The highest BCUT2D eigenvalue weighted by Crippen LogP contribution is 2.29. The second kappa shape index (κ2) is 7.90. The minimum atomic E-state index is -0.391. The van der Waals surface area contributed by atoms with Gasteiger partial charge >= 0.3 is 0 Å². The average Bonchev–Trinajstić information content (AvgIpc) is 3.09. The number of aliphatic hydroxyl groups excluding tert-OH is 1. The summed E-state index contributed by atoms with van der Waals surface area (Å²) in [6.07, 6.45) is -0.391. The molecule has 2 heterocycles. The first kappa shape index (κ1) is 18.2. The maximum Gasteiger partial charge on any atom is 0.0845 e. The molecule has 0 radical (unpaired) electrons. The van der Waals surface area contributed by atoms with Gasteiger partial charge in [-0.2, -0.15) is 0 Å². The van der Waals surface area contributed by atoms with E-state index in [-0.39, 0.29) is 0 Å². The van der Waals surface area contributed by atoms with Crippen molar-refractivity contribution >= 4 is 27.5 Å². The number of rotatable bonds is 5. The number of anilines is 1. The SMILES string of the molecule is O[C@@H](CN1CCN(c2ccccc2)CC1)Cn1c2ccccc2c2ccccc21. The van der Waals surface area contributed by atoms with E-state index in [0.717, 1.165) is 26.2 Å². The molecule has 0 unspecified atom stereocenters. The minimum Gasteiger partial charge on any atom is -0.390 e. The van der Waals surface area contributed by atoms with Crippen molar-refractivity contribution < 1.29 is 5.11 Å². The first-order chi connectivity index (χ1) is 14.3. The first-order valence-corrected chi connectivity index (χ1v) is 10.5. The quantitative estimate of drug-likeness (QED) is 0.564. The maximum absolute atomic E-state index is 10.9. The molecule has 0 saturated carbocycles. The Morgan fingerprint density at radius 3 is 1.83 bits per heavy atom. The molecule has 1 fully saturated rings. The number of hydrogen-bond donors (Lipinski definition) is 1. The summed E-state index contributed by atoms with van der Waals surface area (Å²) in [6.45, 7) is 5.31. The molecule has 148 valence electrons. The van der Waals surface area contributed by atoms with E-state index in [1.807, 2.05) is 0 Å². The number of para-hydroxylation sites is 3. The summed E-state index contributed by atoms with van der Waals surface area (Å²) in [5.74, 6) is 0. The number of fused-ring (bicyclic) bond motifs is 3. The fourth-order valence-electron chi connectivity index (χ4n) is 4.59. The molecule has 4 nitrogen and oxygen atoms in total. The predicted molar refractivity (Wildman–Crippen MR) is 121 cm³/mol. The van der Waals surface area contributed by atoms with Crippen LogP contribution < -0.4 is 4.90 Å². The Bertz CT molecular complexity index is 1040. The fraction of sp³-hybridized carbons (Fsp3) is 0.280. The topological polar surface area (TPSA) is 31.6 Å². The number of β-amino-alcohol motifs (C(OH)–C–C–N with tert-alkyl or cyclic N) is 1. The number of piperazine rings is 1. The van der Waals surface area contributed by atoms with Crippen molar-refractivity contribution in [3.63, 3.8) is 0 Å². The van der Waals surface area contributed by atoms with Crippen LogP contribution >= 0.6 is 0 Å². The number of benzene rings is 3. The summed E-state index contributed by atoms with van der Waals surface area (Å²) in [5.41, 5.74) is 3.68. The zero-order chi connectivity index (χ0) is 19.6. The van der Waals surface area contributed by atoms with Crippen LogP contribution in [0, 0.1) is 0 Å². The molecule has 1 aliphatic rings. The molecule has 0 amide bonds. The van der Waals surface area contributed by atoms with Gasteiger partial charge in [-0.25, -0.2) is 0 Å². The van der Waals surface area contributed by atoms with Gasteiger partial charge in [0.15, 0.2) is 0 Å². The van der Waals surface area contributed by atoms with Crippen molar-refractivity contribution in [3.05, 3.63) is 78.9 Å². The minimum absolute atomic E-state index is 0.391. The molecule has 1 N–H and O–H groups in total. The van der Waals surface area contributed by atoms with Gasteiger partial charge in [0.2, 0.25) is 0 Å². The number of hydrogen-bond acceptors (Lipinski definition) is 3. The Morgan fingerprint density at radius 1 is 0.655 bits per heavy atom. The van der Waals surface area contributed by atoms with E-state index < -0.39 is 6.10 Å². The second-order valence-electron chi connectivity index (χ2n) is 7.92. The lowest BCUT2D eigenvalue weighted by molar-refractivity contribution is 0.0969. The molecular weight excluding hydrogens is 358 g/mol. The predicted octanol–water partition coefficient (Wildman–Crippen LogP) is 3.98. The number of nitrogens with zero attached hydrogens (tertiary/aromatic N) is 3. The third-order valence-corrected chi connectivity index (χ3v) is 6.04. The molecule has 4 heteroatoms. The molecule has 1 atom stereocenters. The molecule has 1 saturated heterocycles. The third kappa shape index (κ3) is 3.61. The van der Waals surface area contributed by atoms with Crippen molar-refractivity contribution in [3.8, 4) is 0 Å². The van der Waals surface area contributed by atoms with E-state index in [1.165, 1.54) is 27.5 Å². The zero-order valence-electron chi connectivity index (χ0n) is 16.6. The van der Waals surface area contributed by atoms with E-state index >= 15 is 0 Å². The summed E-state index contributed by atoms with van der Waals surface area (Å²) in [5, 5.41) is 13.4. The molecule has 0 spiro atoms. The Morgan fingerprint density at radius 2 is 1.21 bits per heavy atom. The third-order valence-electron chi connectivity index (χ3n) is 6.04. The lowest BCUT2D eigenvalue weighted by Crippen LogP contribution is -2.49. The van der Waals surface area contributed by atoms with Crippen LogP contribution in [0.1, 0.15) is 0 Å². The summed E-state index contributed by atoms with van der Waals surface area (Å²) < 4.78 is 2.27. The van der Waals surface area contributed by atoms with Crippen LogP contribution in [0.2, 0.25) is 0 Å². The second-order valence-corrected chi connectivity index (χ2v) is 7.92. The standard InChI is InChI=1S/C25H27N3O/c29-21(18-26-14-16-27(17-15-26)20-8-2-1-3-9-20)19-28-24-12-6-4-10-22(24)23-11-5-7-13-25(23)28/h1-13,21,29H,14-19H2/t21-/m0/s1. The molecule has 1 aromatic heterocycles. The van der Waals surface area contributed by atoms with Gasteiger partial charge in [-0.15, -0.1) is 0 Å². The van der Waals surface area contributed by atoms with Crippen LogP contribution in [0.5, 0.6) is 0 Å². The molecule has 3 aromatic carbocycles. The van der Waals surface area contributed by atoms with Gasteiger partial charge in [-0.3, -0.25) is 4.90 Å². The van der Waals surface area contributed by atoms with Crippen LogP contribution in [0.4, 0.5) is 5.69 Å². The molecule has 1 aliphatic heterocycles. The van der Waals surface area contributed by atoms with E-state index in [2.05, 4.69) is 93.2 Å². The molecule has 0 bridgehead atoms. The molecular formula is C25H27N3O. The molecule has 0 aliphatic carbocycles. The number of aliphatic hydroxyl groups is 1. The van der Waals surface area contributed by atoms with Crippen molar-refractivity contribution in [2.45, 2.75) is 12.6 Å². The summed E-state index contributed by atoms with van der Waals surface area (Å²) in [7, 11) is 0. The molecule has 29 heavy (non-hydrogen) atoms. The Kier molecular flexibility index (Phi) is 4.96. The smallest absolute Gasteiger partial charge is 0.0845 e. The van der Waals surface area contributed by atoms with E-state index in [4.69, 9.17) is 0 Å². The first-order valence-electron chi connectivity index (χ1n) is 10.5. The lowest BCUT2D eigenvalue weighted by Gasteiger charge is -2.37. The van der Waals surface area contributed by atoms with Gasteiger partial charge in [-0.1, -0.05) is 54.6 Å². The highest BCUT2D eigenvalue weighted by atomic mass is 16.3. The van der Waals surface area contributed by atoms with Crippen molar-refractivity contribution in [2.24, 2.45) is 0 Å². The number of aromatic nitrogens is 1. The van der Waals surface area contributed by atoms with Crippen LogP contribution in [-0.4, -0.2) is 53.4 Å². The van der Waals surface area contributed by atoms with E-state index in [1.54, 1.807) is 0 Å². The van der Waals surface area contributed by atoms with Crippen molar-refractivity contribution in [1.82, 2.24) is 9.47 Å². The van der Waals surface area contributed by atoms with Gasteiger partial charge in [0, 0.05) is 60.2 Å². The van der Waals surface area contributed by atoms with Gasteiger partial charge < -0.3 is 14.6 Å². The van der Waals surface area contributed by atoms with Gasteiger partial charge in [0.1, 0.15) is 0 Å². The summed E-state index contributed by atoms with van der Waals surface area (Å²) in [6, 6.07) is 27.6. The van der Waals surface area contributed by atoms with Crippen molar-refractivity contribution in [1.29, 1.82) is 0 Å². The summed E-state index contributed by atoms with van der Waals surface area (Å²) >= 11 is 0. The van der Waals surface area contributed by atoms with Gasteiger partial charge in [0.25, 0.3) is 0 Å². The van der Waals surface area contributed by atoms with Crippen LogP contribution in [0.25, 0.3) is 21.8 Å². The van der Waals surface area contributed by atoms with Crippen LogP contribution in [-0.2, 0) is 6.54 Å². The zero-order valence-corrected chi connectivity index (χ0v) is 16.6.